The van der Waals surface area contributed by atoms with E-state index in [4.69, 9.17) is 18.0 Å². The fourth-order valence-electron chi connectivity index (χ4n) is 3.01. The molecule has 2 bridgehead atoms. The van der Waals surface area contributed by atoms with E-state index < -0.39 is 0 Å². The van der Waals surface area contributed by atoms with Crippen LogP contribution in [-0.4, -0.2) is 17.4 Å². The van der Waals surface area contributed by atoms with Crippen LogP contribution in [0.3, 0.4) is 0 Å². The zero-order valence-electron chi connectivity index (χ0n) is 8.87. The number of amides is 1. The molecule has 2 aliphatic rings. The first-order valence-electron chi connectivity index (χ1n) is 5.73. The van der Waals surface area contributed by atoms with Gasteiger partial charge in [-0.3, -0.25) is 4.79 Å². The molecule has 0 aromatic carbocycles. The van der Waals surface area contributed by atoms with E-state index in [2.05, 4.69) is 5.32 Å². The molecule has 0 spiro atoms. The summed E-state index contributed by atoms with van der Waals surface area (Å²) in [7, 11) is 0. The van der Waals surface area contributed by atoms with E-state index in [0.29, 0.717) is 23.9 Å². The van der Waals surface area contributed by atoms with Gasteiger partial charge in [0.2, 0.25) is 5.91 Å². The first kappa shape index (κ1) is 10.9. The fraction of sp³-hybridized carbons (Fsp3) is 0.818. The van der Waals surface area contributed by atoms with Crippen LogP contribution in [0, 0.1) is 17.8 Å². The third-order valence-corrected chi connectivity index (χ3v) is 3.95. The van der Waals surface area contributed by atoms with Crippen molar-refractivity contribution in [2.75, 3.05) is 6.54 Å². The van der Waals surface area contributed by atoms with E-state index in [-0.39, 0.29) is 11.8 Å². The molecular weight excluding hydrogens is 208 g/mol. The van der Waals surface area contributed by atoms with Crippen LogP contribution in [-0.2, 0) is 4.79 Å². The number of hydrogen-bond donors (Lipinski definition) is 2. The van der Waals surface area contributed by atoms with Gasteiger partial charge in [-0.25, -0.2) is 0 Å². The van der Waals surface area contributed by atoms with E-state index in [1.54, 1.807) is 0 Å². The summed E-state index contributed by atoms with van der Waals surface area (Å²) in [6, 6.07) is 0. The van der Waals surface area contributed by atoms with Crippen LogP contribution in [0.2, 0.25) is 0 Å². The molecule has 0 aliphatic heterocycles. The Kier molecular flexibility index (Phi) is 3.24. The standard InChI is InChI=1S/C11H18N2OS/c12-10(15)3-4-13-11(14)9-6-7-1-2-8(9)5-7/h7-9H,1-6H2,(H2,12,15)(H,13,14). The second-order valence-corrected chi connectivity index (χ2v) is 5.31. The van der Waals surface area contributed by atoms with Gasteiger partial charge in [-0.05, 0) is 31.1 Å². The van der Waals surface area contributed by atoms with Crippen molar-refractivity contribution in [3.63, 3.8) is 0 Å². The van der Waals surface area contributed by atoms with Crippen LogP contribution in [0.5, 0.6) is 0 Å². The maximum atomic E-state index is 11.8. The van der Waals surface area contributed by atoms with Gasteiger partial charge in [0.1, 0.15) is 0 Å². The number of hydrogen-bond acceptors (Lipinski definition) is 2. The highest BCUT2D eigenvalue weighted by atomic mass is 32.1. The summed E-state index contributed by atoms with van der Waals surface area (Å²) in [5.41, 5.74) is 5.37. The number of thiocarbonyl (C=S) groups is 1. The Labute approximate surface area is 95.8 Å². The van der Waals surface area contributed by atoms with Crippen LogP contribution in [0.25, 0.3) is 0 Å². The molecule has 1 amide bonds. The summed E-state index contributed by atoms with van der Waals surface area (Å²) in [6.45, 7) is 0.599. The van der Waals surface area contributed by atoms with Crippen LogP contribution in [0.15, 0.2) is 0 Å². The molecule has 0 radical (unpaired) electrons. The minimum Gasteiger partial charge on any atom is -0.393 e. The highest BCUT2D eigenvalue weighted by Crippen LogP contribution is 2.48. The topological polar surface area (TPSA) is 55.1 Å². The van der Waals surface area contributed by atoms with Crippen molar-refractivity contribution in [2.24, 2.45) is 23.5 Å². The molecule has 0 heterocycles. The quantitative estimate of drug-likeness (QED) is 0.709. The van der Waals surface area contributed by atoms with Crippen molar-refractivity contribution in [3.8, 4) is 0 Å². The van der Waals surface area contributed by atoms with Gasteiger partial charge >= 0.3 is 0 Å². The largest absolute Gasteiger partial charge is 0.393 e. The number of carbonyl (C=O) groups excluding carboxylic acids is 1. The molecule has 0 aromatic heterocycles. The van der Waals surface area contributed by atoms with E-state index in [0.717, 1.165) is 12.3 Å². The number of rotatable bonds is 4. The Morgan fingerprint density at radius 3 is 2.73 bits per heavy atom. The number of carbonyl (C=O) groups is 1. The number of nitrogens with two attached hydrogens (primary N) is 1. The normalized spacial score (nSPS) is 32.9. The maximum Gasteiger partial charge on any atom is 0.223 e. The Hall–Kier alpha value is -0.640. The Balaban J connectivity index is 1.74. The van der Waals surface area contributed by atoms with Crippen LogP contribution in [0.4, 0.5) is 0 Å². The predicted octanol–water partition coefficient (Wildman–Crippen LogP) is 1.21. The number of nitrogens with one attached hydrogen (secondary N) is 1. The van der Waals surface area contributed by atoms with E-state index >= 15 is 0 Å². The van der Waals surface area contributed by atoms with Crippen molar-refractivity contribution in [3.05, 3.63) is 0 Å². The monoisotopic (exact) mass is 226 g/mol. The lowest BCUT2D eigenvalue weighted by molar-refractivity contribution is -0.126. The molecule has 4 heteroatoms. The molecule has 3 atom stereocenters. The molecule has 2 saturated carbocycles. The van der Waals surface area contributed by atoms with E-state index in [1.165, 1.54) is 19.3 Å². The smallest absolute Gasteiger partial charge is 0.223 e. The van der Waals surface area contributed by atoms with E-state index in [9.17, 15) is 4.79 Å². The molecule has 2 aliphatic carbocycles. The molecule has 3 unspecified atom stereocenters. The van der Waals surface area contributed by atoms with Gasteiger partial charge in [0.25, 0.3) is 0 Å². The van der Waals surface area contributed by atoms with Gasteiger partial charge in [0, 0.05) is 18.9 Å². The van der Waals surface area contributed by atoms with Gasteiger partial charge in [0.15, 0.2) is 0 Å². The highest BCUT2D eigenvalue weighted by molar-refractivity contribution is 7.80. The molecular formula is C11H18N2OS. The Morgan fingerprint density at radius 2 is 2.20 bits per heavy atom. The summed E-state index contributed by atoms with van der Waals surface area (Å²) in [5, 5.41) is 2.93. The summed E-state index contributed by atoms with van der Waals surface area (Å²) in [6.07, 6.45) is 5.57. The minimum atomic E-state index is 0.221. The summed E-state index contributed by atoms with van der Waals surface area (Å²) >= 11 is 4.76. The Bertz CT molecular complexity index is 280. The second-order valence-electron chi connectivity index (χ2n) is 4.79. The molecule has 0 saturated heterocycles. The predicted molar refractivity (Wildman–Crippen MR) is 63.4 cm³/mol. The zero-order valence-corrected chi connectivity index (χ0v) is 9.69. The van der Waals surface area contributed by atoms with Gasteiger partial charge in [-0.1, -0.05) is 18.6 Å². The van der Waals surface area contributed by atoms with Gasteiger partial charge in [0.05, 0.1) is 4.99 Å². The minimum absolute atomic E-state index is 0.221. The van der Waals surface area contributed by atoms with Crippen molar-refractivity contribution in [1.82, 2.24) is 5.32 Å². The Morgan fingerprint density at radius 1 is 1.40 bits per heavy atom. The van der Waals surface area contributed by atoms with Crippen LogP contribution in [0.1, 0.15) is 32.1 Å². The molecule has 3 nitrogen and oxygen atoms in total. The average Bonchev–Trinajstić information content (AvgIpc) is 2.77. The van der Waals surface area contributed by atoms with Crippen molar-refractivity contribution in [2.45, 2.75) is 32.1 Å². The lowest BCUT2D eigenvalue weighted by Crippen LogP contribution is -2.35. The van der Waals surface area contributed by atoms with Gasteiger partial charge < -0.3 is 11.1 Å². The molecule has 84 valence electrons. The molecule has 15 heavy (non-hydrogen) atoms. The lowest BCUT2D eigenvalue weighted by Gasteiger charge is -2.20. The first-order chi connectivity index (χ1) is 7.16. The summed E-state index contributed by atoms with van der Waals surface area (Å²) in [5.74, 6) is 1.97. The van der Waals surface area contributed by atoms with Crippen molar-refractivity contribution in [1.29, 1.82) is 0 Å². The van der Waals surface area contributed by atoms with Gasteiger partial charge in [-0.15, -0.1) is 0 Å². The van der Waals surface area contributed by atoms with Crippen molar-refractivity contribution < 1.29 is 4.79 Å². The summed E-state index contributed by atoms with van der Waals surface area (Å²) in [4.78, 5) is 12.3. The first-order valence-corrected chi connectivity index (χ1v) is 6.13. The van der Waals surface area contributed by atoms with E-state index in [1.807, 2.05) is 0 Å². The third kappa shape index (κ3) is 2.48. The molecule has 2 rings (SSSR count). The summed E-state index contributed by atoms with van der Waals surface area (Å²) < 4.78 is 0. The maximum absolute atomic E-state index is 11.8. The van der Waals surface area contributed by atoms with Crippen LogP contribution >= 0.6 is 12.2 Å². The average molecular weight is 226 g/mol. The molecule has 2 fully saturated rings. The van der Waals surface area contributed by atoms with Crippen molar-refractivity contribution >= 4 is 23.1 Å². The molecule has 0 aromatic rings. The number of fused-ring (bicyclic) bond motifs is 2. The third-order valence-electron chi connectivity index (χ3n) is 3.75. The second kappa shape index (κ2) is 4.47. The zero-order chi connectivity index (χ0) is 10.8. The SMILES string of the molecule is NC(=S)CCNC(=O)C1CC2CCC1C2. The van der Waals surface area contributed by atoms with Gasteiger partial charge in [-0.2, -0.15) is 0 Å². The fourth-order valence-corrected chi connectivity index (χ4v) is 3.11. The van der Waals surface area contributed by atoms with Crippen LogP contribution < -0.4 is 11.1 Å². The highest BCUT2D eigenvalue weighted by Gasteiger charge is 2.42. The molecule has 3 N–H and O–H groups in total. The lowest BCUT2D eigenvalue weighted by atomic mass is 9.88.